The third-order valence-corrected chi connectivity index (χ3v) is 3.66. The molecule has 0 saturated carbocycles. The molecule has 0 heterocycles. The lowest BCUT2D eigenvalue weighted by atomic mass is 10.0. The van der Waals surface area contributed by atoms with Crippen molar-refractivity contribution in [1.29, 1.82) is 0 Å². The standard InChI is InChI=1S/C17H35NO2/c1-3-4-5-6-7-8-9-10-11-12-13-14-15-17(18)20-16(2)19/h17H,3-15,18H2,1-2H3. The van der Waals surface area contributed by atoms with Crippen molar-refractivity contribution in [1.82, 2.24) is 0 Å². The third-order valence-electron chi connectivity index (χ3n) is 3.66. The number of unbranched alkanes of at least 4 members (excludes halogenated alkanes) is 11. The van der Waals surface area contributed by atoms with Gasteiger partial charge < -0.3 is 4.74 Å². The van der Waals surface area contributed by atoms with E-state index >= 15 is 0 Å². The molecule has 3 heteroatoms. The van der Waals surface area contributed by atoms with Crippen LogP contribution in [0.5, 0.6) is 0 Å². The molecule has 120 valence electrons. The maximum absolute atomic E-state index is 10.7. The van der Waals surface area contributed by atoms with Gasteiger partial charge in [-0.15, -0.1) is 0 Å². The molecule has 2 N–H and O–H groups in total. The second-order valence-corrected chi connectivity index (χ2v) is 5.83. The highest BCUT2D eigenvalue weighted by atomic mass is 16.5. The number of hydrogen-bond acceptors (Lipinski definition) is 3. The quantitative estimate of drug-likeness (QED) is 0.280. The van der Waals surface area contributed by atoms with E-state index < -0.39 is 6.23 Å². The Morgan fingerprint density at radius 3 is 1.65 bits per heavy atom. The predicted octanol–water partition coefficient (Wildman–Crippen LogP) is 4.93. The number of carbonyl (C=O) groups excluding carboxylic acids is 1. The van der Waals surface area contributed by atoms with Crippen LogP contribution in [0.2, 0.25) is 0 Å². The number of esters is 1. The van der Waals surface area contributed by atoms with E-state index in [1.54, 1.807) is 0 Å². The van der Waals surface area contributed by atoms with Gasteiger partial charge in [0.15, 0.2) is 6.23 Å². The summed E-state index contributed by atoms with van der Waals surface area (Å²) >= 11 is 0. The molecule has 1 atom stereocenters. The van der Waals surface area contributed by atoms with Gasteiger partial charge in [0.25, 0.3) is 0 Å². The molecule has 0 saturated heterocycles. The smallest absolute Gasteiger partial charge is 0.304 e. The molecular formula is C17H35NO2. The van der Waals surface area contributed by atoms with Gasteiger partial charge in [0.1, 0.15) is 0 Å². The van der Waals surface area contributed by atoms with E-state index in [1.807, 2.05) is 0 Å². The van der Waals surface area contributed by atoms with Crippen LogP contribution in [0, 0.1) is 0 Å². The lowest BCUT2D eigenvalue weighted by Crippen LogP contribution is -2.25. The number of hydrogen-bond donors (Lipinski definition) is 1. The zero-order chi connectivity index (χ0) is 15.1. The summed E-state index contributed by atoms with van der Waals surface area (Å²) in [5.41, 5.74) is 5.66. The first-order chi connectivity index (χ1) is 9.66. The molecule has 0 aliphatic carbocycles. The first-order valence-electron chi connectivity index (χ1n) is 8.59. The van der Waals surface area contributed by atoms with Crippen LogP contribution in [0.15, 0.2) is 0 Å². The third kappa shape index (κ3) is 15.5. The molecular weight excluding hydrogens is 250 g/mol. The van der Waals surface area contributed by atoms with Gasteiger partial charge in [-0.2, -0.15) is 0 Å². The van der Waals surface area contributed by atoms with Crippen LogP contribution in [0.3, 0.4) is 0 Å². The van der Waals surface area contributed by atoms with Crippen molar-refractivity contribution in [2.75, 3.05) is 0 Å². The van der Waals surface area contributed by atoms with Crippen molar-refractivity contribution in [3.05, 3.63) is 0 Å². The summed E-state index contributed by atoms with van der Waals surface area (Å²) in [6.07, 6.45) is 16.4. The van der Waals surface area contributed by atoms with Crippen LogP contribution in [0.1, 0.15) is 97.3 Å². The molecule has 0 aromatic carbocycles. The fraction of sp³-hybridized carbons (Fsp3) is 0.941. The maximum Gasteiger partial charge on any atom is 0.304 e. The van der Waals surface area contributed by atoms with Crippen LogP contribution < -0.4 is 5.73 Å². The lowest BCUT2D eigenvalue weighted by molar-refractivity contribution is -0.146. The number of carbonyl (C=O) groups is 1. The highest BCUT2D eigenvalue weighted by molar-refractivity contribution is 5.66. The van der Waals surface area contributed by atoms with Gasteiger partial charge in [-0.1, -0.05) is 77.6 Å². The monoisotopic (exact) mass is 285 g/mol. The van der Waals surface area contributed by atoms with Crippen LogP contribution in [-0.2, 0) is 9.53 Å². The second kappa shape index (κ2) is 14.8. The topological polar surface area (TPSA) is 52.3 Å². The molecule has 3 nitrogen and oxygen atoms in total. The SMILES string of the molecule is CCCCCCCCCCCCCCC(N)OC(C)=O. The average Bonchev–Trinajstić information content (AvgIpc) is 2.39. The Hall–Kier alpha value is -0.570. The van der Waals surface area contributed by atoms with Crippen LogP contribution in [-0.4, -0.2) is 12.2 Å². The van der Waals surface area contributed by atoms with Gasteiger partial charge >= 0.3 is 5.97 Å². The molecule has 20 heavy (non-hydrogen) atoms. The molecule has 0 aliphatic heterocycles. The van der Waals surface area contributed by atoms with E-state index in [9.17, 15) is 4.79 Å². The molecule has 0 rings (SSSR count). The zero-order valence-corrected chi connectivity index (χ0v) is 13.7. The minimum Gasteiger partial charge on any atom is -0.447 e. The molecule has 0 bridgehead atoms. The average molecular weight is 285 g/mol. The first-order valence-corrected chi connectivity index (χ1v) is 8.59. The van der Waals surface area contributed by atoms with Crippen molar-refractivity contribution >= 4 is 5.97 Å². The summed E-state index contributed by atoms with van der Waals surface area (Å²) in [7, 11) is 0. The Labute approximate surface area is 125 Å². The molecule has 0 fully saturated rings. The fourth-order valence-electron chi connectivity index (χ4n) is 2.46. The number of nitrogens with two attached hydrogens (primary N) is 1. The highest BCUT2D eigenvalue weighted by Crippen LogP contribution is 2.12. The summed E-state index contributed by atoms with van der Waals surface area (Å²) in [5, 5.41) is 0. The minimum absolute atomic E-state index is 0.281. The number of ether oxygens (including phenoxy) is 1. The second-order valence-electron chi connectivity index (χ2n) is 5.83. The van der Waals surface area contributed by atoms with Gasteiger partial charge in [-0.3, -0.25) is 10.5 Å². The van der Waals surface area contributed by atoms with E-state index in [0.29, 0.717) is 0 Å². The van der Waals surface area contributed by atoms with Crippen molar-refractivity contribution in [2.45, 2.75) is 104 Å². The Kier molecular flexibility index (Phi) is 14.4. The van der Waals surface area contributed by atoms with Crippen molar-refractivity contribution in [3.8, 4) is 0 Å². The van der Waals surface area contributed by atoms with Gasteiger partial charge in [-0.05, 0) is 12.8 Å². The number of rotatable bonds is 14. The lowest BCUT2D eigenvalue weighted by Gasteiger charge is -2.10. The molecule has 1 unspecified atom stereocenters. The Bertz CT molecular complexity index is 219. The normalized spacial score (nSPS) is 12.3. The summed E-state index contributed by atoms with van der Waals surface area (Å²) < 4.78 is 4.89. The van der Waals surface area contributed by atoms with Crippen molar-refractivity contribution in [3.63, 3.8) is 0 Å². The Morgan fingerprint density at radius 2 is 1.25 bits per heavy atom. The summed E-state index contributed by atoms with van der Waals surface area (Å²) in [4.78, 5) is 10.7. The molecule has 0 aliphatic rings. The summed E-state index contributed by atoms with van der Waals surface area (Å²) in [6.45, 7) is 3.67. The molecule has 0 amide bonds. The minimum atomic E-state index is -0.407. The molecule has 0 aromatic rings. The van der Waals surface area contributed by atoms with Gasteiger partial charge in [0, 0.05) is 6.92 Å². The van der Waals surface area contributed by atoms with E-state index in [0.717, 1.165) is 12.8 Å². The summed E-state index contributed by atoms with van der Waals surface area (Å²) in [6, 6.07) is 0. The van der Waals surface area contributed by atoms with Gasteiger partial charge in [-0.25, -0.2) is 0 Å². The van der Waals surface area contributed by atoms with Crippen LogP contribution in [0.4, 0.5) is 0 Å². The van der Waals surface area contributed by atoms with Gasteiger partial charge in [0.2, 0.25) is 0 Å². The highest BCUT2D eigenvalue weighted by Gasteiger charge is 2.04. The van der Waals surface area contributed by atoms with Crippen molar-refractivity contribution < 1.29 is 9.53 Å². The fourth-order valence-corrected chi connectivity index (χ4v) is 2.46. The van der Waals surface area contributed by atoms with E-state index in [4.69, 9.17) is 10.5 Å². The molecule has 0 radical (unpaired) electrons. The van der Waals surface area contributed by atoms with E-state index in [-0.39, 0.29) is 5.97 Å². The van der Waals surface area contributed by atoms with Crippen molar-refractivity contribution in [2.24, 2.45) is 5.73 Å². The summed E-state index contributed by atoms with van der Waals surface area (Å²) in [5.74, 6) is -0.281. The van der Waals surface area contributed by atoms with E-state index in [1.165, 1.54) is 77.6 Å². The first kappa shape index (κ1) is 19.4. The molecule has 0 spiro atoms. The Balaban J connectivity index is 3.08. The maximum atomic E-state index is 10.7. The predicted molar refractivity (Wildman–Crippen MR) is 85.4 cm³/mol. The molecule has 0 aromatic heterocycles. The largest absolute Gasteiger partial charge is 0.447 e. The Morgan fingerprint density at radius 1 is 0.850 bits per heavy atom. The van der Waals surface area contributed by atoms with Crippen LogP contribution in [0.25, 0.3) is 0 Å². The van der Waals surface area contributed by atoms with Crippen LogP contribution >= 0.6 is 0 Å². The zero-order valence-electron chi connectivity index (χ0n) is 13.7. The van der Waals surface area contributed by atoms with E-state index in [2.05, 4.69) is 6.92 Å². The van der Waals surface area contributed by atoms with Gasteiger partial charge in [0.05, 0.1) is 0 Å².